The summed E-state index contributed by atoms with van der Waals surface area (Å²) in [5.41, 5.74) is -0.185. The van der Waals surface area contributed by atoms with Crippen molar-refractivity contribution in [2.45, 2.75) is 43.0 Å². The first kappa shape index (κ1) is 24.1. The molecule has 3 heterocycles. The normalized spacial score (nSPS) is 23.6. The molecule has 0 unspecified atom stereocenters. The van der Waals surface area contributed by atoms with Crippen molar-refractivity contribution in [1.82, 2.24) is 15.4 Å². The summed E-state index contributed by atoms with van der Waals surface area (Å²) in [6, 6.07) is 2.17. The van der Waals surface area contributed by atoms with Crippen LogP contribution in [0.25, 0.3) is 11.3 Å². The van der Waals surface area contributed by atoms with E-state index in [1.54, 1.807) is 13.8 Å². The first-order chi connectivity index (χ1) is 14.0. The van der Waals surface area contributed by atoms with Crippen molar-refractivity contribution in [1.29, 1.82) is 0 Å². The van der Waals surface area contributed by atoms with E-state index in [9.17, 15) is 23.9 Å². The predicted molar refractivity (Wildman–Crippen MR) is 112 cm³/mol. The van der Waals surface area contributed by atoms with E-state index in [1.165, 1.54) is 41.8 Å². The molecule has 4 rings (SSSR count). The first-order valence-corrected chi connectivity index (χ1v) is 10.2. The first-order valence-electron chi connectivity index (χ1n) is 8.99. The number of hydrogen-bond acceptors (Lipinski definition) is 6. The Morgan fingerprint density at radius 1 is 1.39 bits per heavy atom. The molecule has 2 fully saturated rings. The number of benzene rings is 1. The van der Waals surface area contributed by atoms with Gasteiger partial charge in [0.15, 0.2) is 0 Å². The van der Waals surface area contributed by atoms with Crippen molar-refractivity contribution >= 4 is 70.7 Å². The van der Waals surface area contributed by atoms with Crippen LogP contribution >= 0.6 is 23.4 Å². The summed E-state index contributed by atoms with van der Waals surface area (Å²) in [6.07, 6.45) is 0. The molecule has 1 aromatic carbocycles. The summed E-state index contributed by atoms with van der Waals surface area (Å²) >= 11 is 7.40. The van der Waals surface area contributed by atoms with Gasteiger partial charge in [0.2, 0.25) is 5.91 Å². The molecule has 0 aliphatic carbocycles. The molecule has 2 saturated heterocycles. The van der Waals surface area contributed by atoms with Gasteiger partial charge in [-0.1, -0.05) is 22.8 Å². The summed E-state index contributed by atoms with van der Waals surface area (Å²) in [7, 11) is 0. The maximum absolute atomic E-state index is 14.4. The number of halogens is 2. The van der Waals surface area contributed by atoms with Crippen LogP contribution in [0.3, 0.4) is 0 Å². The Balaban J connectivity index is 0.00000272. The number of β-lactam (4-membered cyclic amide) rings is 1. The SMILES string of the molecule is Cc1onc(-c2c(F)cccc2Cl)c1C(=O)N[C@@H]1C(=O)N2[C@@H]1SC(C)(C)[C@@H]2C(=O)O.[Na]. The molecule has 2 N–H and O–H groups in total. The number of carbonyl (C=O) groups excluding carboxylic acids is 2. The molecule has 159 valence electrons. The topological polar surface area (TPSA) is 113 Å². The summed E-state index contributed by atoms with van der Waals surface area (Å²) < 4.78 is 18.7. The summed E-state index contributed by atoms with van der Waals surface area (Å²) in [5, 5.41) is 15.4. The minimum atomic E-state index is -1.10. The zero-order valence-electron chi connectivity index (χ0n) is 17.1. The number of amides is 2. The number of nitrogens with one attached hydrogen (secondary N) is 1. The molecule has 2 aliphatic rings. The zero-order valence-corrected chi connectivity index (χ0v) is 20.7. The summed E-state index contributed by atoms with van der Waals surface area (Å²) in [5.74, 6) is -2.81. The van der Waals surface area contributed by atoms with Crippen LogP contribution in [0.2, 0.25) is 5.02 Å². The molecule has 12 heteroatoms. The molecular weight excluding hydrogens is 460 g/mol. The average Bonchev–Trinajstić information content (AvgIpc) is 3.14. The molecular formula is C19H17ClFN3NaO5S. The van der Waals surface area contributed by atoms with Crippen LogP contribution in [0.15, 0.2) is 22.7 Å². The molecule has 2 amide bonds. The van der Waals surface area contributed by atoms with Crippen molar-refractivity contribution in [3.05, 3.63) is 40.4 Å². The smallest absolute Gasteiger partial charge is 0.327 e. The minimum absolute atomic E-state index is 0. The number of carboxylic acids is 1. The predicted octanol–water partition coefficient (Wildman–Crippen LogP) is 2.31. The Bertz CT molecular complexity index is 1070. The Morgan fingerprint density at radius 3 is 2.68 bits per heavy atom. The fourth-order valence-corrected chi connectivity index (χ4v) is 5.77. The minimum Gasteiger partial charge on any atom is -0.480 e. The number of carbonyl (C=O) groups is 3. The third kappa shape index (κ3) is 3.78. The van der Waals surface area contributed by atoms with Gasteiger partial charge in [-0.05, 0) is 32.9 Å². The van der Waals surface area contributed by atoms with E-state index >= 15 is 0 Å². The van der Waals surface area contributed by atoms with Gasteiger partial charge >= 0.3 is 5.97 Å². The van der Waals surface area contributed by atoms with Crippen molar-refractivity contribution in [3.8, 4) is 11.3 Å². The van der Waals surface area contributed by atoms with E-state index in [4.69, 9.17) is 16.1 Å². The van der Waals surface area contributed by atoms with Gasteiger partial charge in [-0.25, -0.2) is 9.18 Å². The molecule has 1 radical (unpaired) electrons. The fourth-order valence-electron chi connectivity index (χ4n) is 3.89. The zero-order chi connectivity index (χ0) is 22.0. The number of carboxylic acid groups (broad SMARTS) is 1. The van der Waals surface area contributed by atoms with E-state index in [0.29, 0.717) is 0 Å². The average molecular weight is 477 g/mol. The van der Waals surface area contributed by atoms with Crippen molar-refractivity contribution in [2.24, 2.45) is 0 Å². The van der Waals surface area contributed by atoms with Gasteiger partial charge in [-0.2, -0.15) is 0 Å². The Labute approximate surface area is 208 Å². The maximum atomic E-state index is 14.4. The van der Waals surface area contributed by atoms with Gasteiger partial charge in [-0.3, -0.25) is 9.59 Å². The van der Waals surface area contributed by atoms with E-state index < -0.39 is 45.8 Å². The van der Waals surface area contributed by atoms with Gasteiger partial charge in [0, 0.05) is 34.3 Å². The van der Waals surface area contributed by atoms with Gasteiger partial charge in [-0.15, -0.1) is 11.8 Å². The van der Waals surface area contributed by atoms with Gasteiger partial charge in [0.25, 0.3) is 5.91 Å². The molecule has 31 heavy (non-hydrogen) atoms. The second-order valence-corrected chi connectivity index (χ2v) is 9.79. The fraction of sp³-hybridized carbons (Fsp3) is 0.368. The molecule has 0 bridgehead atoms. The number of nitrogens with zero attached hydrogens (tertiary/aromatic N) is 2. The molecule has 8 nitrogen and oxygen atoms in total. The summed E-state index contributed by atoms with van der Waals surface area (Å²) in [6.45, 7) is 4.97. The Kier molecular flexibility index (Phi) is 6.52. The number of rotatable bonds is 4. The largest absolute Gasteiger partial charge is 0.480 e. The third-order valence-corrected chi connectivity index (χ3v) is 7.14. The monoisotopic (exact) mass is 476 g/mol. The van der Waals surface area contributed by atoms with E-state index in [2.05, 4.69) is 10.5 Å². The third-order valence-electron chi connectivity index (χ3n) is 5.25. The van der Waals surface area contributed by atoms with Crippen molar-refractivity contribution in [2.75, 3.05) is 0 Å². The molecule has 1 aromatic heterocycles. The van der Waals surface area contributed by atoms with Gasteiger partial charge in [0.1, 0.15) is 40.3 Å². The molecule has 0 saturated carbocycles. The van der Waals surface area contributed by atoms with Crippen LogP contribution in [0.1, 0.15) is 30.0 Å². The molecule has 3 atom stereocenters. The molecule has 2 aliphatic heterocycles. The van der Waals surface area contributed by atoms with Gasteiger partial charge < -0.3 is 19.8 Å². The van der Waals surface area contributed by atoms with Crippen LogP contribution in [0.5, 0.6) is 0 Å². The number of aliphatic carboxylic acids is 1. The van der Waals surface area contributed by atoms with E-state index in [0.717, 1.165) is 0 Å². The molecule has 0 spiro atoms. The number of aryl methyl sites for hydroxylation is 1. The second kappa shape index (κ2) is 8.40. The maximum Gasteiger partial charge on any atom is 0.327 e. The van der Waals surface area contributed by atoms with Crippen LogP contribution < -0.4 is 5.32 Å². The van der Waals surface area contributed by atoms with Crippen LogP contribution in [0, 0.1) is 12.7 Å². The van der Waals surface area contributed by atoms with Gasteiger partial charge in [0.05, 0.1) is 10.6 Å². The van der Waals surface area contributed by atoms with E-state index in [-0.39, 0.29) is 57.2 Å². The van der Waals surface area contributed by atoms with E-state index in [1.807, 2.05) is 0 Å². The number of thioether (sulfide) groups is 1. The second-order valence-electron chi connectivity index (χ2n) is 7.61. The number of hydrogen-bond donors (Lipinski definition) is 2. The number of aromatic nitrogens is 1. The standard InChI is InChI=1S/C19H17ClFN3O5S.Na/c1-7-10(12(23-29-7)11-8(20)5-4-6-9(11)21)15(25)22-13-16(26)24-14(18(27)28)19(2,3)30-17(13)24;/h4-6,13-14,17H,1-3H3,(H,22,25)(H,27,28);/t13-,14+,17-;/m1./s1. The Hall–Kier alpha value is -1.59. The number of fused-ring (bicyclic) bond motifs is 1. The quantitative estimate of drug-likeness (QED) is 0.514. The Morgan fingerprint density at radius 2 is 2.06 bits per heavy atom. The van der Waals surface area contributed by atoms with Crippen LogP contribution in [-0.4, -0.2) is 84.7 Å². The van der Waals surface area contributed by atoms with Crippen molar-refractivity contribution in [3.63, 3.8) is 0 Å². The van der Waals surface area contributed by atoms with Crippen molar-refractivity contribution < 1.29 is 28.4 Å². The van der Waals surface area contributed by atoms with Crippen LogP contribution in [-0.2, 0) is 9.59 Å². The molecule has 2 aromatic rings. The van der Waals surface area contributed by atoms with Crippen LogP contribution in [0.4, 0.5) is 4.39 Å². The summed E-state index contributed by atoms with van der Waals surface area (Å²) in [4.78, 5) is 38.5.